The molecule has 3 heteroatoms. The number of nitrogens with zero attached hydrogens (tertiary/aromatic N) is 2. The third kappa shape index (κ3) is 9.63. The Bertz CT molecular complexity index is 599. The fourth-order valence-corrected chi connectivity index (χ4v) is 1.62. The zero-order valence-electron chi connectivity index (χ0n) is 16.1. The SMILES string of the molecule is CC#CC.CCc1ccc(C(C)C)cc1.COc1ncc(C)cn1. The lowest BCUT2D eigenvalue weighted by atomic mass is 10.0. The second-order valence-electron chi connectivity index (χ2n) is 5.50. The maximum absolute atomic E-state index is 4.75. The number of hydrogen-bond acceptors (Lipinski definition) is 3. The molecule has 0 aliphatic rings. The van der Waals surface area contributed by atoms with Crippen molar-refractivity contribution in [3.05, 3.63) is 53.3 Å². The van der Waals surface area contributed by atoms with Gasteiger partial charge in [0.1, 0.15) is 0 Å². The molecule has 0 saturated carbocycles. The Balaban J connectivity index is 0.000000367. The summed E-state index contributed by atoms with van der Waals surface area (Å²) in [7, 11) is 1.55. The second-order valence-corrected chi connectivity index (χ2v) is 5.50. The molecule has 0 amide bonds. The molecule has 2 rings (SSSR count). The summed E-state index contributed by atoms with van der Waals surface area (Å²) in [5, 5.41) is 0. The number of benzene rings is 1. The first-order chi connectivity index (χ1) is 11.5. The van der Waals surface area contributed by atoms with Gasteiger partial charge in [0, 0.05) is 12.4 Å². The molecule has 1 heterocycles. The van der Waals surface area contributed by atoms with Crippen LogP contribution in [0, 0.1) is 18.8 Å². The monoisotopic (exact) mass is 326 g/mol. The summed E-state index contributed by atoms with van der Waals surface area (Å²) in [5.41, 5.74) is 3.90. The molecule has 130 valence electrons. The number of rotatable bonds is 3. The average molecular weight is 326 g/mol. The van der Waals surface area contributed by atoms with Crippen LogP contribution in [0.3, 0.4) is 0 Å². The number of aryl methyl sites for hydroxylation is 2. The number of aromatic nitrogens is 2. The van der Waals surface area contributed by atoms with Crippen molar-refractivity contribution < 1.29 is 4.74 Å². The molecule has 1 aromatic heterocycles. The van der Waals surface area contributed by atoms with Crippen molar-refractivity contribution in [2.24, 2.45) is 0 Å². The van der Waals surface area contributed by atoms with E-state index in [1.807, 2.05) is 20.8 Å². The molecule has 3 nitrogen and oxygen atoms in total. The first-order valence-electron chi connectivity index (χ1n) is 8.23. The molecule has 0 N–H and O–H groups in total. The van der Waals surface area contributed by atoms with Crippen molar-refractivity contribution >= 4 is 0 Å². The zero-order chi connectivity index (χ0) is 18.4. The van der Waals surface area contributed by atoms with E-state index < -0.39 is 0 Å². The average Bonchev–Trinajstić information content (AvgIpc) is 2.63. The molecule has 0 bridgehead atoms. The highest BCUT2D eigenvalue weighted by atomic mass is 16.5. The molecule has 0 aliphatic heterocycles. The minimum absolute atomic E-state index is 0.417. The maximum Gasteiger partial charge on any atom is 0.316 e. The third-order valence-electron chi connectivity index (χ3n) is 3.24. The number of hydrogen-bond donors (Lipinski definition) is 0. The number of methoxy groups -OCH3 is 1. The normalized spacial score (nSPS) is 8.83. The van der Waals surface area contributed by atoms with Crippen molar-refractivity contribution in [2.75, 3.05) is 7.11 Å². The lowest BCUT2D eigenvalue weighted by Gasteiger charge is -2.04. The molecule has 0 radical (unpaired) electrons. The highest BCUT2D eigenvalue weighted by molar-refractivity contribution is 5.24. The summed E-state index contributed by atoms with van der Waals surface area (Å²) < 4.78 is 4.75. The summed E-state index contributed by atoms with van der Waals surface area (Å²) in [6.07, 6.45) is 4.57. The van der Waals surface area contributed by atoms with E-state index >= 15 is 0 Å². The number of ether oxygens (including phenoxy) is 1. The van der Waals surface area contributed by atoms with Crippen LogP contribution in [0.15, 0.2) is 36.7 Å². The van der Waals surface area contributed by atoms with E-state index in [0.29, 0.717) is 11.9 Å². The van der Waals surface area contributed by atoms with Crippen LogP contribution < -0.4 is 4.74 Å². The molecule has 0 spiro atoms. The van der Waals surface area contributed by atoms with E-state index in [1.165, 1.54) is 11.1 Å². The van der Waals surface area contributed by atoms with Crippen LogP contribution >= 0.6 is 0 Å². The van der Waals surface area contributed by atoms with Gasteiger partial charge in [-0.2, -0.15) is 0 Å². The molecule has 0 fully saturated rings. The van der Waals surface area contributed by atoms with E-state index in [4.69, 9.17) is 4.74 Å². The summed E-state index contributed by atoms with van der Waals surface area (Å²) in [6.45, 7) is 12.2. The highest BCUT2D eigenvalue weighted by Crippen LogP contribution is 2.14. The predicted molar refractivity (Wildman–Crippen MR) is 102 cm³/mol. The molecular weight excluding hydrogens is 296 g/mol. The van der Waals surface area contributed by atoms with Crippen LogP contribution in [0.2, 0.25) is 0 Å². The Hall–Kier alpha value is -2.34. The molecule has 1 aromatic carbocycles. The van der Waals surface area contributed by atoms with Gasteiger partial charge in [0.2, 0.25) is 0 Å². The Morgan fingerprint density at radius 2 is 1.50 bits per heavy atom. The van der Waals surface area contributed by atoms with Crippen molar-refractivity contribution in [3.8, 4) is 17.9 Å². The van der Waals surface area contributed by atoms with Gasteiger partial charge in [0.25, 0.3) is 0 Å². The highest BCUT2D eigenvalue weighted by Gasteiger charge is 1.96. The minimum Gasteiger partial charge on any atom is -0.467 e. The van der Waals surface area contributed by atoms with Gasteiger partial charge >= 0.3 is 6.01 Å². The van der Waals surface area contributed by atoms with Gasteiger partial charge < -0.3 is 4.74 Å². The quantitative estimate of drug-likeness (QED) is 0.728. The van der Waals surface area contributed by atoms with Crippen LogP contribution in [0.25, 0.3) is 0 Å². The summed E-state index contributed by atoms with van der Waals surface area (Å²) in [4.78, 5) is 7.73. The molecular formula is C21H30N2O. The van der Waals surface area contributed by atoms with Crippen molar-refractivity contribution in [1.29, 1.82) is 0 Å². The van der Waals surface area contributed by atoms with Gasteiger partial charge in [-0.25, -0.2) is 9.97 Å². The van der Waals surface area contributed by atoms with E-state index in [2.05, 4.69) is 66.8 Å². The van der Waals surface area contributed by atoms with E-state index in [-0.39, 0.29) is 0 Å². The van der Waals surface area contributed by atoms with E-state index in [9.17, 15) is 0 Å². The standard InChI is InChI=1S/C11H16.C6H8N2O.C4H6/c1-4-10-5-7-11(8-6-10)9(2)3;1-5-3-7-6(9-2)8-4-5;1-3-4-2/h5-9H,4H2,1-3H3;3-4H,1-2H3;1-2H3. The Kier molecular flexibility index (Phi) is 11.9. The Morgan fingerprint density at radius 3 is 1.83 bits per heavy atom. The summed E-state index contributed by atoms with van der Waals surface area (Å²) in [5.74, 6) is 6.01. The molecule has 0 atom stereocenters. The first-order valence-corrected chi connectivity index (χ1v) is 8.23. The third-order valence-corrected chi connectivity index (χ3v) is 3.24. The van der Waals surface area contributed by atoms with Crippen LogP contribution in [0.1, 0.15) is 57.2 Å². The van der Waals surface area contributed by atoms with E-state index in [0.717, 1.165) is 12.0 Å². The lowest BCUT2D eigenvalue weighted by Crippen LogP contribution is -1.90. The van der Waals surface area contributed by atoms with Gasteiger partial charge in [0.15, 0.2) is 0 Å². The minimum atomic E-state index is 0.417. The first kappa shape index (κ1) is 21.7. The fraction of sp³-hybridized carbons (Fsp3) is 0.429. The van der Waals surface area contributed by atoms with Gasteiger partial charge in [0.05, 0.1) is 7.11 Å². The molecule has 0 aliphatic carbocycles. The summed E-state index contributed by atoms with van der Waals surface area (Å²) >= 11 is 0. The fourth-order valence-electron chi connectivity index (χ4n) is 1.62. The second kappa shape index (κ2) is 13.1. The molecule has 2 aromatic rings. The smallest absolute Gasteiger partial charge is 0.316 e. The van der Waals surface area contributed by atoms with Crippen molar-refractivity contribution in [3.63, 3.8) is 0 Å². The van der Waals surface area contributed by atoms with Gasteiger partial charge in [-0.3, -0.25) is 0 Å². The van der Waals surface area contributed by atoms with Gasteiger partial charge in [-0.05, 0) is 49.8 Å². The Labute approximate surface area is 147 Å². The lowest BCUT2D eigenvalue weighted by molar-refractivity contribution is 0.379. The van der Waals surface area contributed by atoms with Gasteiger partial charge in [-0.1, -0.05) is 45.0 Å². The predicted octanol–water partition coefficient (Wildman–Crippen LogP) is 5.20. The topological polar surface area (TPSA) is 35.0 Å². The van der Waals surface area contributed by atoms with Crippen LogP contribution in [-0.2, 0) is 6.42 Å². The largest absolute Gasteiger partial charge is 0.467 e. The van der Waals surface area contributed by atoms with Crippen LogP contribution in [0.5, 0.6) is 6.01 Å². The van der Waals surface area contributed by atoms with Gasteiger partial charge in [-0.15, -0.1) is 11.8 Å². The molecule has 0 saturated heterocycles. The molecule has 0 unspecified atom stereocenters. The van der Waals surface area contributed by atoms with Crippen LogP contribution in [-0.4, -0.2) is 17.1 Å². The Morgan fingerprint density at radius 1 is 1.00 bits per heavy atom. The van der Waals surface area contributed by atoms with Crippen molar-refractivity contribution in [2.45, 2.75) is 53.9 Å². The van der Waals surface area contributed by atoms with Crippen LogP contribution in [0.4, 0.5) is 0 Å². The van der Waals surface area contributed by atoms with E-state index in [1.54, 1.807) is 19.5 Å². The zero-order valence-corrected chi connectivity index (χ0v) is 16.1. The maximum atomic E-state index is 4.75. The van der Waals surface area contributed by atoms with Crippen molar-refractivity contribution in [1.82, 2.24) is 9.97 Å². The molecule has 24 heavy (non-hydrogen) atoms. The summed E-state index contributed by atoms with van der Waals surface area (Å²) in [6, 6.07) is 9.30.